The molecule has 0 radical (unpaired) electrons. The quantitative estimate of drug-likeness (QED) is 0.241. The van der Waals surface area contributed by atoms with E-state index in [2.05, 4.69) is 146 Å². The summed E-state index contributed by atoms with van der Waals surface area (Å²) in [7, 11) is 0. The van der Waals surface area contributed by atoms with Crippen LogP contribution in [-0.2, 0) is 22.9 Å². The van der Waals surface area contributed by atoms with E-state index in [9.17, 15) is 0 Å². The molecule has 0 spiro atoms. The molecule has 0 amide bonds. The Hall–Kier alpha value is -3.23. The molecule has 2 aliphatic rings. The molecule has 6 aromatic rings. The molecule has 2 unspecified atom stereocenters. The summed E-state index contributed by atoms with van der Waals surface area (Å²) in [5.74, 6) is 0. The molecule has 0 heterocycles. The fourth-order valence-electron chi connectivity index (χ4n) is 6.41. The van der Waals surface area contributed by atoms with Crippen molar-refractivity contribution in [1.82, 2.24) is 0 Å². The average Bonchev–Trinajstić information content (AvgIpc) is 3.55. The third-order valence-corrected chi connectivity index (χ3v) is 15.2. The van der Waals surface area contributed by atoms with E-state index in [-0.39, 0.29) is 24.8 Å². The molecule has 196 valence electrons. The van der Waals surface area contributed by atoms with Crippen LogP contribution >= 0.6 is 0 Å². The van der Waals surface area contributed by atoms with Gasteiger partial charge in [-0.15, -0.1) is 0 Å². The second-order valence-electron chi connectivity index (χ2n) is 10.6. The molecule has 2 aliphatic carbocycles. The third kappa shape index (κ3) is 4.95. The smallest absolute Gasteiger partial charge is 1.00 e. The van der Waals surface area contributed by atoms with Gasteiger partial charge >= 0.3 is 242 Å². The van der Waals surface area contributed by atoms with Gasteiger partial charge in [0.25, 0.3) is 0 Å². The number of hydrogen-bond donors (Lipinski definition) is 0. The summed E-state index contributed by atoms with van der Waals surface area (Å²) in [6, 6.07) is 49.8. The zero-order valence-corrected chi connectivity index (χ0v) is 27.4. The molecule has 0 N–H and O–H groups in total. The van der Waals surface area contributed by atoms with Crippen molar-refractivity contribution in [3.63, 3.8) is 0 Å². The largest absolute Gasteiger partial charge is 1.00 e. The van der Waals surface area contributed by atoms with Gasteiger partial charge in [-0.25, -0.2) is 0 Å². The van der Waals surface area contributed by atoms with E-state index in [1.807, 2.05) is 0 Å². The van der Waals surface area contributed by atoms with E-state index in [0.717, 1.165) is 0 Å². The molecule has 0 saturated carbocycles. The molecule has 0 nitrogen and oxygen atoms in total. The summed E-state index contributed by atoms with van der Waals surface area (Å²) >= 11 is -1.36. The first kappa shape index (κ1) is 27.9. The van der Waals surface area contributed by atoms with Crippen molar-refractivity contribution < 1.29 is 47.7 Å². The maximum Gasteiger partial charge on any atom is -1.00 e. The standard InChI is InChI=1S/2C19H13.2ClH.Hf/c2*1-2-6-15-11-18(10-9-14(15)5-1)19-12-16-7-3-4-8-17(16)13-19;;;/h2*1-13H;2*1H;/q;;;;+2/p-2. The maximum atomic E-state index is 2.48. The summed E-state index contributed by atoms with van der Waals surface area (Å²) in [5.41, 5.74) is 11.7. The summed E-state index contributed by atoms with van der Waals surface area (Å²) in [6.07, 6.45) is 4.97. The van der Waals surface area contributed by atoms with Crippen LogP contribution in [0.25, 0.3) is 44.8 Å². The van der Waals surface area contributed by atoms with Crippen LogP contribution in [0, 0.1) is 0 Å². The number of fused-ring (bicyclic) bond motifs is 4. The maximum absolute atomic E-state index is 2.48. The van der Waals surface area contributed by atoms with Gasteiger partial charge in [0.15, 0.2) is 0 Å². The second-order valence-corrected chi connectivity index (χ2v) is 16.0. The Morgan fingerprint density at radius 3 is 1.24 bits per heavy atom. The van der Waals surface area contributed by atoms with E-state index in [0.29, 0.717) is 7.35 Å². The van der Waals surface area contributed by atoms with Gasteiger partial charge in [0.05, 0.1) is 0 Å². The molecular weight excluding hydrogens is 706 g/mol. The Labute approximate surface area is 265 Å². The van der Waals surface area contributed by atoms with Gasteiger partial charge in [0.2, 0.25) is 0 Å². The third-order valence-electron chi connectivity index (χ3n) is 8.36. The topological polar surface area (TPSA) is 0 Å². The first-order valence-corrected chi connectivity index (χ1v) is 17.8. The number of rotatable bonds is 4. The molecule has 8 rings (SSSR count). The molecule has 0 bridgehead atoms. The van der Waals surface area contributed by atoms with Gasteiger partial charge in [0, 0.05) is 0 Å². The average molecular weight is 732 g/mol. The SMILES string of the molecule is C1=C(c2ccc3ccccc3c2)[CH]([Hf+2][CH]2C(c3ccc4ccccc4c3)=Cc3ccccc32)c2ccccc21.[Cl-].[Cl-]. The minimum Gasteiger partial charge on any atom is -1.00 e. The van der Waals surface area contributed by atoms with Gasteiger partial charge in [-0.2, -0.15) is 0 Å². The Morgan fingerprint density at radius 2 is 0.780 bits per heavy atom. The van der Waals surface area contributed by atoms with Gasteiger partial charge < -0.3 is 24.8 Å². The van der Waals surface area contributed by atoms with E-state index >= 15 is 0 Å². The predicted octanol–water partition coefficient (Wildman–Crippen LogP) is 3.97. The van der Waals surface area contributed by atoms with Crippen molar-refractivity contribution >= 4 is 44.8 Å². The van der Waals surface area contributed by atoms with E-state index in [4.69, 9.17) is 0 Å². The fraction of sp³-hybridized carbons (Fsp3) is 0.0526. The molecule has 41 heavy (non-hydrogen) atoms. The molecule has 2 atom stereocenters. The number of hydrogen-bond acceptors (Lipinski definition) is 0. The molecule has 0 saturated heterocycles. The summed E-state index contributed by atoms with van der Waals surface area (Å²) < 4.78 is 1.06. The van der Waals surface area contributed by atoms with Gasteiger partial charge in [0.1, 0.15) is 0 Å². The van der Waals surface area contributed by atoms with Crippen LogP contribution in [0.2, 0.25) is 0 Å². The molecule has 3 heteroatoms. The van der Waals surface area contributed by atoms with E-state index in [1.165, 1.54) is 66.1 Å². The van der Waals surface area contributed by atoms with E-state index in [1.54, 1.807) is 0 Å². The van der Waals surface area contributed by atoms with Crippen molar-refractivity contribution in [2.45, 2.75) is 7.35 Å². The van der Waals surface area contributed by atoms with Crippen molar-refractivity contribution in [3.8, 4) is 0 Å². The first-order valence-electron chi connectivity index (χ1n) is 13.7. The number of halogens is 2. The van der Waals surface area contributed by atoms with Crippen LogP contribution in [0.5, 0.6) is 0 Å². The Kier molecular flexibility index (Phi) is 7.88. The Morgan fingerprint density at radius 1 is 0.390 bits per heavy atom. The molecular formula is C38H26Cl2Hf. The summed E-state index contributed by atoms with van der Waals surface area (Å²) in [5, 5.41) is 5.26. The van der Waals surface area contributed by atoms with Crippen molar-refractivity contribution in [1.29, 1.82) is 0 Å². The van der Waals surface area contributed by atoms with Crippen LogP contribution in [0.3, 0.4) is 0 Å². The normalized spacial score (nSPS) is 16.6. The minimum atomic E-state index is -1.36. The minimum absolute atomic E-state index is 0. The fourth-order valence-corrected chi connectivity index (χ4v) is 13.9. The predicted molar refractivity (Wildman–Crippen MR) is 162 cm³/mol. The van der Waals surface area contributed by atoms with E-state index < -0.39 is 22.9 Å². The van der Waals surface area contributed by atoms with Crippen LogP contribution in [0.1, 0.15) is 40.7 Å². The number of benzene rings is 6. The molecule has 0 fully saturated rings. The molecule has 0 aromatic heterocycles. The summed E-state index contributed by atoms with van der Waals surface area (Å²) in [4.78, 5) is 0. The first-order chi connectivity index (χ1) is 19.3. The Balaban J connectivity index is 0.00000151. The van der Waals surface area contributed by atoms with Crippen LogP contribution < -0.4 is 24.8 Å². The monoisotopic (exact) mass is 732 g/mol. The van der Waals surface area contributed by atoms with Gasteiger partial charge in [-0.05, 0) is 0 Å². The summed E-state index contributed by atoms with van der Waals surface area (Å²) in [6.45, 7) is 0. The van der Waals surface area contributed by atoms with Crippen LogP contribution in [0.4, 0.5) is 0 Å². The van der Waals surface area contributed by atoms with Crippen molar-refractivity contribution in [2.75, 3.05) is 0 Å². The van der Waals surface area contributed by atoms with Gasteiger partial charge in [-0.1, -0.05) is 0 Å². The Bertz CT molecular complexity index is 1830. The van der Waals surface area contributed by atoms with Crippen molar-refractivity contribution in [3.05, 3.63) is 167 Å². The number of allylic oxidation sites excluding steroid dienone is 2. The van der Waals surface area contributed by atoms with Crippen LogP contribution in [-0.4, -0.2) is 0 Å². The van der Waals surface area contributed by atoms with Gasteiger partial charge in [-0.3, -0.25) is 0 Å². The zero-order chi connectivity index (χ0) is 25.8. The molecule has 6 aromatic carbocycles. The van der Waals surface area contributed by atoms with Crippen LogP contribution in [0.15, 0.2) is 133 Å². The second kappa shape index (κ2) is 11.6. The van der Waals surface area contributed by atoms with Crippen molar-refractivity contribution in [2.24, 2.45) is 0 Å². The molecule has 0 aliphatic heterocycles. The zero-order valence-electron chi connectivity index (χ0n) is 22.3.